The fourth-order valence-corrected chi connectivity index (χ4v) is 2.96. The van der Waals surface area contributed by atoms with Crippen molar-refractivity contribution in [1.29, 1.82) is 0 Å². The number of amides is 1. The van der Waals surface area contributed by atoms with Crippen LogP contribution in [0.15, 0.2) is 24.3 Å². The molecule has 0 spiro atoms. The average Bonchev–Trinajstić information content (AvgIpc) is 3.12. The highest BCUT2D eigenvalue weighted by atomic mass is 35.5. The van der Waals surface area contributed by atoms with Crippen molar-refractivity contribution >= 4 is 29.1 Å². The first-order chi connectivity index (χ1) is 12.1. The van der Waals surface area contributed by atoms with Crippen LogP contribution in [0.2, 0.25) is 10.0 Å². The predicted octanol–water partition coefficient (Wildman–Crippen LogP) is 2.84. The maximum Gasteiger partial charge on any atom is 0.269 e. The first-order valence-electron chi connectivity index (χ1n) is 8.22. The SMILES string of the molecule is O=C(NCCCN1CCOCC1)c1cc(-c2ccc(Cl)c(Cl)c2)n[nH]1. The summed E-state index contributed by atoms with van der Waals surface area (Å²) in [6, 6.07) is 6.95. The van der Waals surface area contributed by atoms with Crippen LogP contribution < -0.4 is 5.32 Å². The van der Waals surface area contributed by atoms with Gasteiger partial charge in [-0.2, -0.15) is 5.10 Å². The zero-order chi connectivity index (χ0) is 17.6. The van der Waals surface area contributed by atoms with E-state index in [-0.39, 0.29) is 5.91 Å². The summed E-state index contributed by atoms with van der Waals surface area (Å²) in [6.45, 7) is 5.08. The van der Waals surface area contributed by atoms with Gasteiger partial charge < -0.3 is 10.1 Å². The molecule has 134 valence electrons. The molecule has 2 N–H and O–H groups in total. The molecule has 0 unspecified atom stereocenters. The second kappa shape index (κ2) is 8.67. The fourth-order valence-electron chi connectivity index (χ4n) is 2.67. The lowest BCUT2D eigenvalue weighted by atomic mass is 10.1. The van der Waals surface area contributed by atoms with Crippen molar-refractivity contribution in [3.63, 3.8) is 0 Å². The third-order valence-electron chi connectivity index (χ3n) is 4.08. The van der Waals surface area contributed by atoms with Gasteiger partial charge in [-0.25, -0.2) is 0 Å². The topological polar surface area (TPSA) is 70.2 Å². The number of aromatic nitrogens is 2. The highest BCUT2D eigenvalue weighted by Crippen LogP contribution is 2.27. The molecule has 0 bridgehead atoms. The Bertz CT molecular complexity index is 729. The van der Waals surface area contributed by atoms with E-state index < -0.39 is 0 Å². The van der Waals surface area contributed by atoms with Crippen molar-refractivity contribution in [1.82, 2.24) is 20.4 Å². The third-order valence-corrected chi connectivity index (χ3v) is 4.82. The summed E-state index contributed by atoms with van der Waals surface area (Å²) >= 11 is 11.9. The molecule has 1 aliphatic heterocycles. The lowest BCUT2D eigenvalue weighted by Gasteiger charge is -2.26. The number of nitrogens with zero attached hydrogens (tertiary/aromatic N) is 2. The summed E-state index contributed by atoms with van der Waals surface area (Å²) in [5.41, 5.74) is 1.88. The molecular formula is C17H20Cl2N4O2. The Hall–Kier alpha value is -1.60. The number of carbonyl (C=O) groups excluding carboxylic acids is 1. The van der Waals surface area contributed by atoms with E-state index >= 15 is 0 Å². The van der Waals surface area contributed by atoms with Crippen LogP contribution >= 0.6 is 23.2 Å². The Morgan fingerprint density at radius 2 is 2.04 bits per heavy atom. The average molecular weight is 383 g/mol. The summed E-state index contributed by atoms with van der Waals surface area (Å²) in [7, 11) is 0. The van der Waals surface area contributed by atoms with Crippen LogP contribution in [0.5, 0.6) is 0 Å². The molecule has 0 saturated carbocycles. The van der Waals surface area contributed by atoms with Crippen molar-refractivity contribution in [3.05, 3.63) is 40.0 Å². The minimum atomic E-state index is -0.166. The Kier molecular flexibility index (Phi) is 6.31. The third kappa shape index (κ3) is 4.95. The van der Waals surface area contributed by atoms with Gasteiger partial charge in [0.1, 0.15) is 5.69 Å². The number of carbonyl (C=O) groups is 1. The van der Waals surface area contributed by atoms with Gasteiger partial charge in [0.2, 0.25) is 0 Å². The predicted molar refractivity (Wildman–Crippen MR) is 98.3 cm³/mol. The number of H-pyrrole nitrogens is 1. The Balaban J connectivity index is 1.49. The number of ether oxygens (including phenoxy) is 1. The summed E-state index contributed by atoms with van der Waals surface area (Å²) < 4.78 is 5.32. The summed E-state index contributed by atoms with van der Waals surface area (Å²) in [5.74, 6) is -0.166. The molecule has 1 fully saturated rings. The number of aromatic amines is 1. The number of rotatable bonds is 6. The standard InChI is InChI=1S/C17H20Cl2N4O2/c18-13-3-2-12(10-14(13)19)15-11-16(22-21-15)17(24)20-4-1-5-23-6-8-25-9-7-23/h2-3,10-11H,1,4-9H2,(H,20,24)(H,21,22). The van der Waals surface area contributed by atoms with Crippen LogP contribution in [0.4, 0.5) is 0 Å². The van der Waals surface area contributed by atoms with Gasteiger partial charge in [-0.1, -0.05) is 29.3 Å². The Morgan fingerprint density at radius 1 is 1.24 bits per heavy atom. The minimum absolute atomic E-state index is 0.166. The highest BCUT2D eigenvalue weighted by molar-refractivity contribution is 6.42. The highest BCUT2D eigenvalue weighted by Gasteiger charge is 2.13. The molecule has 1 aromatic heterocycles. The molecule has 0 radical (unpaired) electrons. The molecule has 8 heteroatoms. The van der Waals surface area contributed by atoms with Crippen LogP contribution in [0.3, 0.4) is 0 Å². The number of benzene rings is 1. The normalized spacial score (nSPS) is 15.3. The summed E-state index contributed by atoms with van der Waals surface area (Å²) in [6.07, 6.45) is 0.902. The molecule has 2 heterocycles. The van der Waals surface area contributed by atoms with E-state index in [1.54, 1.807) is 18.2 Å². The van der Waals surface area contributed by atoms with Crippen LogP contribution in [0.25, 0.3) is 11.3 Å². The van der Waals surface area contributed by atoms with Gasteiger partial charge in [-0.15, -0.1) is 0 Å². The van der Waals surface area contributed by atoms with Gasteiger partial charge >= 0.3 is 0 Å². The van der Waals surface area contributed by atoms with Crippen LogP contribution in [0.1, 0.15) is 16.9 Å². The molecule has 1 saturated heterocycles. The number of hydrogen-bond acceptors (Lipinski definition) is 4. The van der Waals surface area contributed by atoms with E-state index in [2.05, 4.69) is 20.4 Å². The van der Waals surface area contributed by atoms with Crippen molar-refractivity contribution in [3.8, 4) is 11.3 Å². The minimum Gasteiger partial charge on any atom is -0.379 e. The zero-order valence-electron chi connectivity index (χ0n) is 13.7. The lowest BCUT2D eigenvalue weighted by molar-refractivity contribution is 0.0374. The van der Waals surface area contributed by atoms with Gasteiger partial charge in [0.25, 0.3) is 5.91 Å². The van der Waals surface area contributed by atoms with E-state index in [1.807, 2.05) is 6.07 Å². The number of hydrogen-bond donors (Lipinski definition) is 2. The van der Waals surface area contributed by atoms with E-state index in [4.69, 9.17) is 27.9 Å². The van der Waals surface area contributed by atoms with Crippen LogP contribution in [0, 0.1) is 0 Å². The molecule has 1 aliphatic rings. The first-order valence-corrected chi connectivity index (χ1v) is 8.98. The number of nitrogens with one attached hydrogen (secondary N) is 2. The van der Waals surface area contributed by atoms with Crippen LogP contribution in [-0.4, -0.2) is 60.4 Å². The van der Waals surface area contributed by atoms with Crippen molar-refractivity contribution in [2.45, 2.75) is 6.42 Å². The van der Waals surface area contributed by atoms with Crippen molar-refractivity contribution < 1.29 is 9.53 Å². The quantitative estimate of drug-likeness (QED) is 0.753. The molecule has 0 aliphatic carbocycles. The molecule has 0 atom stereocenters. The van der Waals surface area contributed by atoms with Gasteiger partial charge in [0.05, 0.1) is 29.0 Å². The van der Waals surface area contributed by atoms with E-state index in [1.165, 1.54) is 0 Å². The van der Waals surface area contributed by atoms with Crippen molar-refractivity contribution in [2.75, 3.05) is 39.4 Å². The second-order valence-electron chi connectivity index (χ2n) is 5.86. The monoisotopic (exact) mass is 382 g/mol. The van der Waals surface area contributed by atoms with E-state index in [0.29, 0.717) is 28.0 Å². The maximum atomic E-state index is 12.2. The van der Waals surface area contributed by atoms with E-state index in [9.17, 15) is 4.79 Å². The Morgan fingerprint density at radius 3 is 2.80 bits per heavy atom. The molecular weight excluding hydrogens is 363 g/mol. The van der Waals surface area contributed by atoms with Gasteiger partial charge in [-0.3, -0.25) is 14.8 Å². The molecule has 6 nitrogen and oxygen atoms in total. The Labute approximate surface area is 156 Å². The smallest absolute Gasteiger partial charge is 0.269 e. The lowest BCUT2D eigenvalue weighted by Crippen LogP contribution is -2.38. The van der Waals surface area contributed by atoms with Crippen molar-refractivity contribution in [2.24, 2.45) is 0 Å². The molecule has 3 rings (SSSR count). The van der Waals surface area contributed by atoms with Gasteiger partial charge in [0.15, 0.2) is 0 Å². The summed E-state index contributed by atoms with van der Waals surface area (Å²) in [5, 5.41) is 10.8. The number of halogens is 2. The fraction of sp³-hybridized carbons (Fsp3) is 0.412. The van der Waals surface area contributed by atoms with Crippen LogP contribution in [-0.2, 0) is 4.74 Å². The first kappa shape index (κ1) is 18.2. The van der Waals surface area contributed by atoms with Gasteiger partial charge in [-0.05, 0) is 31.2 Å². The molecule has 25 heavy (non-hydrogen) atoms. The summed E-state index contributed by atoms with van der Waals surface area (Å²) in [4.78, 5) is 14.5. The molecule has 2 aromatic rings. The largest absolute Gasteiger partial charge is 0.379 e. The second-order valence-corrected chi connectivity index (χ2v) is 6.67. The maximum absolute atomic E-state index is 12.2. The number of morpholine rings is 1. The molecule has 1 aromatic carbocycles. The van der Waals surface area contributed by atoms with Gasteiger partial charge in [0, 0.05) is 25.2 Å². The molecule has 1 amide bonds. The zero-order valence-corrected chi connectivity index (χ0v) is 15.2. The van der Waals surface area contributed by atoms with E-state index in [0.717, 1.165) is 44.8 Å².